The Hall–Kier alpha value is -0.530. The zero-order chi connectivity index (χ0) is 36.5. The van der Waals surface area contributed by atoms with Crippen molar-refractivity contribution in [3.8, 4) is 0 Å². The van der Waals surface area contributed by atoms with E-state index in [1.165, 1.54) is 180 Å². The molecule has 0 aromatic heterocycles. The van der Waals surface area contributed by atoms with Crippen molar-refractivity contribution in [2.75, 3.05) is 0 Å². The van der Waals surface area contributed by atoms with Gasteiger partial charge >= 0.3 is 5.97 Å². The van der Waals surface area contributed by atoms with Crippen molar-refractivity contribution >= 4 is 5.97 Å². The quantitative estimate of drug-likeness (QED) is 0.0660. The summed E-state index contributed by atoms with van der Waals surface area (Å²) in [5.74, 6) is 6.36. The zero-order valence-electron chi connectivity index (χ0n) is 35.6. The van der Waals surface area contributed by atoms with E-state index in [4.69, 9.17) is 4.74 Å². The molecule has 0 amide bonds. The fourth-order valence-electron chi connectivity index (χ4n) is 12.9. The van der Waals surface area contributed by atoms with Crippen LogP contribution in [0.15, 0.2) is 0 Å². The lowest BCUT2D eigenvalue weighted by molar-refractivity contribution is -0.162. The number of carbonyl (C=O) groups is 1. The molecule has 0 aromatic rings. The van der Waals surface area contributed by atoms with Crippen LogP contribution in [0.3, 0.4) is 0 Å². The number of carbonyl (C=O) groups excluding carboxylic acids is 1. The molecular formula is C49H90O2. The summed E-state index contributed by atoms with van der Waals surface area (Å²) < 4.78 is 6.19. The van der Waals surface area contributed by atoms with Crippen LogP contribution in [0.25, 0.3) is 0 Å². The van der Waals surface area contributed by atoms with Gasteiger partial charge in [-0.05, 0) is 116 Å². The number of esters is 1. The van der Waals surface area contributed by atoms with E-state index in [2.05, 4.69) is 41.5 Å². The maximum absolute atomic E-state index is 12.9. The van der Waals surface area contributed by atoms with Crippen LogP contribution in [-0.4, -0.2) is 12.1 Å². The summed E-state index contributed by atoms with van der Waals surface area (Å²) >= 11 is 0. The van der Waals surface area contributed by atoms with Crippen LogP contribution in [0.4, 0.5) is 0 Å². The Morgan fingerprint density at radius 3 is 1.69 bits per heavy atom. The molecule has 0 saturated heterocycles. The van der Waals surface area contributed by atoms with Gasteiger partial charge in [-0.15, -0.1) is 0 Å². The molecule has 0 aliphatic heterocycles. The number of unbranched alkanes of at least 4 members (excludes halogenated alkanes) is 18. The van der Waals surface area contributed by atoms with E-state index in [0.717, 1.165) is 60.7 Å². The summed E-state index contributed by atoms with van der Waals surface area (Å²) in [5.41, 5.74) is 1.06. The molecule has 0 N–H and O–H groups in total. The Bertz CT molecular complexity index is 940. The van der Waals surface area contributed by atoms with Crippen LogP contribution >= 0.6 is 0 Å². The summed E-state index contributed by atoms with van der Waals surface area (Å²) in [6.45, 7) is 15.1. The molecule has 0 bridgehead atoms. The molecule has 2 nitrogen and oxygen atoms in total. The molecular weight excluding hydrogens is 621 g/mol. The smallest absolute Gasteiger partial charge is 0.306 e. The lowest BCUT2D eigenvalue weighted by Crippen LogP contribution is -2.54. The second-order valence-corrected chi connectivity index (χ2v) is 20.2. The third-order valence-corrected chi connectivity index (χ3v) is 16.1. The van der Waals surface area contributed by atoms with Crippen molar-refractivity contribution in [3.63, 3.8) is 0 Å². The van der Waals surface area contributed by atoms with E-state index >= 15 is 0 Å². The van der Waals surface area contributed by atoms with Gasteiger partial charge in [0.1, 0.15) is 6.10 Å². The number of ether oxygens (including phenoxy) is 1. The second-order valence-electron chi connectivity index (χ2n) is 20.2. The molecule has 51 heavy (non-hydrogen) atoms. The van der Waals surface area contributed by atoms with E-state index in [9.17, 15) is 4.79 Å². The highest BCUT2D eigenvalue weighted by Crippen LogP contribution is 2.68. The summed E-state index contributed by atoms with van der Waals surface area (Å²) in [6.07, 6.45) is 43.8. The van der Waals surface area contributed by atoms with E-state index in [1.807, 2.05) is 0 Å². The summed E-state index contributed by atoms with van der Waals surface area (Å²) in [7, 11) is 0. The number of hydrogen-bond acceptors (Lipinski definition) is 2. The molecule has 0 heterocycles. The van der Waals surface area contributed by atoms with Gasteiger partial charge in [-0.25, -0.2) is 0 Å². The first kappa shape index (κ1) is 43.2. The topological polar surface area (TPSA) is 26.3 Å². The third-order valence-electron chi connectivity index (χ3n) is 16.1. The normalized spacial score (nSPS) is 32.4. The SMILES string of the molecule is CCCCCCCCCCCCCCCCCCCCCC(=O)O[C@H]1CC[C@@]2(C)[C@@H](CC[C@@H]3[C@@H]2CC[C@]2(C)[C@@H]([C@H](C)CCCC(C)C)CC[C@@H]32)C1. The predicted molar refractivity (Wildman–Crippen MR) is 221 cm³/mol. The molecule has 298 valence electrons. The van der Waals surface area contributed by atoms with Gasteiger partial charge in [0.25, 0.3) is 0 Å². The van der Waals surface area contributed by atoms with Crippen molar-refractivity contribution < 1.29 is 9.53 Å². The molecule has 4 aliphatic rings. The van der Waals surface area contributed by atoms with Crippen molar-refractivity contribution in [1.82, 2.24) is 0 Å². The first-order valence-corrected chi connectivity index (χ1v) is 23.9. The van der Waals surface area contributed by atoms with E-state index in [-0.39, 0.29) is 12.1 Å². The Kier molecular flexibility index (Phi) is 19.3. The van der Waals surface area contributed by atoms with Crippen molar-refractivity contribution in [2.45, 2.75) is 253 Å². The fourth-order valence-corrected chi connectivity index (χ4v) is 12.9. The van der Waals surface area contributed by atoms with Crippen LogP contribution in [0, 0.1) is 52.3 Å². The lowest BCUT2D eigenvalue weighted by atomic mass is 9.44. The highest BCUT2D eigenvalue weighted by Gasteiger charge is 2.60. The molecule has 4 saturated carbocycles. The molecule has 4 aliphatic carbocycles. The predicted octanol–water partition coefficient (Wildman–Crippen LogP) is 15.8. The zero-order valence-corrected chi connectivity index (χ0v) is 35.6. The minimum atomic E-state index is 0.0946. The maximum Gasteiger partial charge on any atom is 0.306 e. The molecule has 2 heteroatoms. The lowest BCUT2D eigenvalue weighted by Gasteiger charge is -2.61. The van der Waals surface area contributed by atoms with E-state index in [0.29, 0.717) is 17.3 Å². The van der Waals surface area contributed by atoms with Gasteiger partial charge in [-0.3, -0.25) is 4.79 Å². The summed E-state index contributed by atoms with van der Waals surface area (Å²) in [5, 5.41) is 0. The number of rotatable bonds is 26. The van der Waals surface area contributed by atoms with Gasteiger partial charge in [0.2, 0.25) is 0 Å². The highest BCUT2D eigenvalue weighted by atomic mass is 16.5. The van der Waals surface area contributed by atoms with Gasteiger partial charge < -0.3 is 4.74 Å². The average Bonchev–Trinajstić information content (AvgIpc) is 3.46. The second kappa shape index (κ2) is 22.8. The summed E-state index contributed by atoms with van der Waals surface area (Å²) in [4.78, 5) is 12.9. The number of fused-ring (bicyclic) bond motifs is 5. The molecule has 0 radical (unpaired) electrons. The molecule has 4 rings (SSSR count). The Morgan fingerprint density at radius 2 is 1.12 bits per heavy atom. The standard InChI is InChI=1S/C49H90O2/c1-7-8-9-10-11-12-13-14-15-16-17-18-19-20-21-22-23-24-25-29-47(50)51-42-34-36-48(5)41(38-42)30-31-43-45-33-32-44(40(4)28-26-27-39(2)3)49(45,6)37-35-46(43)48/h39-46H,7-38H2,1-6H3/t40-,41+,42+,43+,44-,45+,46+,48+,49-/m1/s1. The van der Waals surface area contributed by atoms with Crippen molar-refractivity contribution in [2.24, 2.45) is 52.3 Å². The van der Waals surface area contributed by atoms with Crippen LogP contribution in [0.1, 0.15) is 247 Å². The molecule has 0 aromatic carbocycles. The van der Waals surface area contributed by atoms with Crippen LogP contribution in [0.5, 0.6) is 0 Å². The van der Waals surface area contributed by atoms with E-state index in [1.54, 1.807) is 0 Å². The highest BCUT2D eigenvalue weighted by molar-refractivity contribution is 5.69. The molecule has 0 unspecified atom stereocenters. The van der Waals surface area contributed by atoms with Crippen molar-refractivity contribution in [1.29, 1.82) is 0 Å². The van der Waals surface area contributed by atoms with Gasteiger partial charge in [-0.2, -0.15) is 0 Å². The molecule has 0 spiro atoms. The Morgan fingerprint density at radius 1 is 0.588 bits per heavy atom. The van der Waals surface area contributed by atoms with Crippen LogP contribution in [0.2, 0.25) is 0 Å². The summed E-state index contributed by atoms with van der Waals surface area (Å²) in [6, 6.07) is 0. The number of hydrogen-bond donors (Lipinski definition) is 0. The third kappa shape index (κ3) is 13.0. The largest absolute Gasteiger partial charge is 0.462 e. The van der Waals surface area contributed by atoms with Gasteiger partial charge in [-0.1, -0.05) is 176 Å². The van der Waals surface area contributed by atoms with Crippen LogP contribution in [-0.2, 0) is 9.53 Å². The molecule has 9 atom stereocenters. The maximum atomic E-state index is 12.9. The average molecular weight is 711 g/mol. The van der Waals surface area contributed by atoms with Gasteiger partial charge in [0, 0.05) is 6.42 Å². The minimum Gasteiger partial charge on any atom is -0.462 e. The minimum absolute atomic E-state index is 0.0946. The van der Waals surface area contributed by atoms with Crippen LogP contribution < -0.4 is 0 Å². The van der Waals surface area contributed by atoms with E-state index < -0.39 is 0 Å². The monoisotopic (exact) mass is 711 g/mol. The fraction of sp³-hybridized carbons (Fsp3) is 0.980. The van der Waals surface area contributed by atoms with Gasteiger partial charge in [0.05, 0.1) is 0 Å². The Balaban J connectivity index is 1.02. The molecule has 4 fully saturated rings. The Labute approximate surface area is 320 Å². The van der Waals surface area contributed by atoms with Gasteiger partial charge in [0.15, 0.2) is 0 Å². The van der Waals surface area contributed by atoms with Crippen molar-refractivity contribution in [3.05, 3.63) is 0 Å². The first-order chi connectivity index (χ1) is 24.7. The first-order valence-electron chi connectivity index (χ1n) is 23.9.